The minimum absolute atomic E-state index is 0.0494. The number of fused-ring (bicyclic) bond motifs is 1. The number of carbonyl (C=O) groups excluding carboxylic acids is 1. The Hall–Kier alpha value is -2.95. The Balaban J connectivity index is 1.91. The van der Waals surface area contributed by atoms with E-state index in [0.717, 1.165) is 12.0 Å². The molecule has 0 radical (unpaired) electrons. The van der Waals surface area contributed by atoms with Crippen LogP contribution in [-0.2, 0) is 0 Å². The smallest absolute Gasteiger partial charge is 0.270 e. The molecule has 5 nitrogen and oxygen atoms in total. The highest BCUT2D eigenvalue weighted by Gasteiger charge is 2.19. The first-order chi connectivity index (χ1) is 12.1. The Labute approximate surface area is 146 Å². The summed E-state index contributed by atoms with van der Waals surface area (Å²) in [6, 6.07) is 14.9. The van der Waals surface area contributed by atoms with Gasteiger partial charge in [0.2, 0.25) is 0 Å². The Bertz CT molecular complexity index is 932. The summed E-state index contributed by atoms with van der Waals surface area (Å²) in [5, 5.41) is 2.99. The molecular formula is C20H21N3O2. The van der Waals surface area contributed by atoms with Gasteiger partial charge in [0.05, 0.1) is 6.04 Å². The average Bonchev–Trinajstić information content (AvgIpc) is 2.62. The lowest BCUT2D eigenvalue weighted by Gasteiger charge is -2.21. The van der Waals surface area contributed by atoms with Gasteiger partial charge in [-0.2, -0.15) is 0 Å². The zero-order chi connectivity index (χ0) is 17.8. The number of nitrogens with one attached hydrogen (secondary N) is 1. The Morgan fingerprint density at radius 1 is 1.12 bits per heavy atom. The fraction of sp³-hybridized carbons (Fsp3) is 0.250. The molecule has 25 heavy (non-hydrogen) atoms. The number of nitrogens with zero attached hydrogens (tertiary/aromatic N) is 2. The van der Waals surface area contributed by atoms with E-state index in [-0.39, 0.29) is 17.2 Å². The van der Waals surface area contributed by atoms with E-state index in [1.54, 1.807) is 24.4 Å². The molecule has 1 unspecified atom stereocenters. The van der Waals surface area contributed by atoms with Crippen molar-refractivity contribution in [1.29, 1.82) is 0 Å². The summed E-state index contributed by atoms with van der Waals surface area (Å²) >= 11 is 0. The molecule has 0 saturated heterocycles. The van der Waals surface area contributed by atoms with E-state index in [9.17, 15) is 9.59 Å². The molecule has 2 heterocycles. The van der Waals surface area contributed by atoms with Crippen molar-refractivity contribution in [3.05, 3.63) is 82.4 Å². The van der Waals surface area contributed by atoms with E-state index in [1.165, 1.54) is 10.6 Å². The van der Waals surface area contributed by atoms with Crippen molar-refractivity contribution in [1.82, 2.24) is 14.7 Å². The van der Waals surface area contributed by atoms with E-state index in [1.807, 2.05) is 30.3 Å². The molecule has 1 aromatic carbocycles. The standard InChI is InChI=1S/C20H21N3O2/c1-14(2)12-17(15-8-4-3-5-9-15)22-19(24)16-13-21-18-10-6-7-11-23(18)20(16)25/h3-11,13-14,17H,12H2,1-2H3,(H,22,24). The average molecular weight is 335 g/mol. The van der Waals surface area contributed by atoms with Crippen molar-refractivity contribution >= 4 is 11.6 Å². The summed E-state index contributed by atoms with van der Waals surface area (Å²) in [6.07, 6.45) is 3.76. The van der Waals surface area contributed by atoms with E-state index in [2.05, 4.69) is 24.1 Å². The predicted octanol–water partition coefficient (Wildman–Crippen LogP) is 3.21. The largest absolute Gasteiger partial charge is 0.345 e. The van der Waals surface area contributed by atoms with Gasteiger partial charge in [0.1, 0.15) is 11.2 Å². The lowest BCUT2D eigenvalue weighted by Crippen LogP contribution is -2.34. The van der Waals surface area contributed by atoms with Crippen LogP contribution in [0.4, 0.5) is 0 Å². The number of pyridine rings is 1. The Kier molecular flexibility index (Phi) is 4.93. The van der Waals surface area contributed by atoms with Gasteiger partial charge in [-0.3, -0.25) is 14.0 Å². The van der Waals surface area contributed by atoms with Gasteiger partial charge >= 0.3 is 0 Å². The van der Waals surface area contributed by atoms with Crippen molar-refractivity contribution in [2.24, 2.45) is 5.92 Å². The summed E-state index contributed by atoms with van der Waals surface area (Å²) in [4.78, 5) is 29.5. The molecular weight excluding hydrogens is 314 g/mol. The molecule has 0 aliphatic rings. The van der Waals surface area contributed by atoms with Gasteiger partial charge in [-0.05, 0) is 30.0 Å². The summed E-state index contributed by atoms with van der Waals surface area (Å²) < 4.78 is 1.38. The summed E-state index contributed by atoms with van der Waals surface area (Å²) in [5.41, 5.74) is 1.23. The zero-order valence-corrected chi connectivity index (χ0v) is 14.3. The van der Waals surface area contributed by atoms with Crippen LogP contribution in [0.25, 0.3) is 5.65 Å². The summed E-state index contributed by atoms with van der Waals surface area (Å²) in [7, 11) is 0. The molecule has 0 saturated carbocycles. The SMILES string of the molecule is CC(C)CC(NC(=O)c1cnc2ccccn2c1=O)c1ccccc1. The number of amides is 1. The van der Waals surface area contributed by atoms with Gasteiger partial charge in [-0.25, -0.2) is 4.98 Å². The van der Waals surface area contributed by atoms with Crippen molar-refractivity contribution in [3.8, 4) is 0 Å². The second kappa shape index (κ2) is 7.30. The number of hydrogen-bond acceptors (Lipinski definition) is 3. The molecule has 3 rings (SSSR count). The van der Waals surface area contributed by atoms with Gasteiger partial charge < -0.3 is 5.32 Å². The number of carbonyl (C=O) groups is 1. The van der Waals surface area contributed by atoms with Gasteiger partial charge in [-0.15, -0.1) is 0 Å². The number of benzene rings is 1. The fourth-order valence-corrected chi connectivity index (χ4v) is 2.85. The van der Waals surface area contributed by atoms with Crippen LogP contribution in [0, 0.1) is 5.92 Å². The third-order valence-corrected chi connectivity index (χ3v) is 4.07. The van der Waals surface area contributed by atoms with Crippen LogP contribution in [-0.4, -0.2) is 15.3 Å². The van der Waals surface area contributed by atoms with Crippen LogP contribution in [0.3, 0.4) is 0 Å². The predicted molar refractivity (Wildman–Crippen MR) is 97.6 cm³/mol. The topological polar surface area (TPSA) is 63.5 Å². The molecule has 5 heteroatoms. The lowest BCUT2D eigenvalue weighted by atomic mass is 9.97. The molecule has 0 spiro atoms. The number of rotatable bonds is 5. The Morgan fingerprint density at radius 2 is 1.84 bits per heavy atom. The molecule has 3 aromatic rings. The lowest BCUT2D eigenvalue weighted by molar-refractivity contribution is 0.0930. The number of hydrogen-bond donors (Lipinski definition) is 1. The van der Waals surface area contributed by atoms with Crippen molar-refractivity contribution in [2.75, 3.05) is 0 Å². The normalized spacial score (nSPS) is 12.3. The minimum atomic E-state index is -0.398. The minimum Gasteiger partial charge on any atom is -0.345 e. The van der Waals surface area contributed by atoms with Gasteiger partial charge in [0.25, 0.3) is 11.5 Å². The summed E-state index contributed by atoms with van der Waals surface area (Å²) in [5.74, 6) is 0.00610. The molecule has 0 aliphatic carbocycles. The van der Waals surface area contributed by atoms with E-state index < -0.39 is 5.91 Å². The third-order valence-electron chi connectivity index (χ3n) is 4.07. The fourth-order valence-electron chi connectivity index (χ4n) is 2.85. The maximum atomic E-state index is 12.7. The molecule has 2 aromatic heterocycles. The van der Waals surface area contributed by atoms with E-state index in [4.69, 9.17) is 0 Å². The van der Waals surface area contributed by atoms with Crippen molar-refractivity contribution < 1.29 is 4.79 Å². The molecule has 0 aliphatic heterocycles. The highest BCUT2D eigenvalue weighted by atomic mass is 16.2. The van der Waals surface area contributed by atoms with Crippen molar-refractivity contribution in [2.45, 2.75) is 26.3 Å². The maximum absolute atomic E-state index is 12.7. The van der Waals surface area contributed by atoms with Gasteiger partial charge in [0, 0.05) is 12.4 Å². The van der Waals surface area contributed by atoms with E-state index in [0.29, 0.717) is 11.6 Å². The summed E-state index contributed by atoms with van der Waals surface area (Å²) in [6.45, 7) is 4.21. The molecule has 1 atom stereocenters. The molecule has 0 fully saturated rings. The second-order valence-electron chi connectivity index (χ2n) is 6.47. The number of aromatic nitrogens is 2. The first-order valence-electron chi connectivity index (χ1n) is 8.38. The molecule has 1 amide bonds. The molecule has 0 bridgehead atoms. The third kappa shape index (κ3) is 3.76. The van der Waals surface area contributed by atoms with Gasteiger partial charge in [-0.1, -0.05) is 50.2 Å². The van der Waals surface area contributed by atoms with Crippen molar-refractivity contribution in [3.63, 3.8) is 0 Å². The van der Waals surface area contributed by atoms with E-state index >= 15 is 0 Å². The second-order valence-corrected chi connectivity index (χ2v) is 6.47. The quantitative estimate of drug-likeness (QED) is 0.779. The Morgan fingerprint density at radius 3 is 2.56 bits per heavy atom. The highest BCUT2D eigenvalue weighted by Crippen LogP contribution is 2.21. The highest BCUT2D eigenvalue weighted by molar-refractivity contribution is 5.94. The zero-order valence-electron chi connectivity index (χ0n) is 14.3. The maximum Gasteiger partial charge on any atom is 0.270 e. The van der Waals surface area contributed by atoms with Crippen LogP contribution in [0.15, 0.2) is 65.7 Å². The van der Waals surface area contributed by atoms with Crippen LogP contribution in [0.1, 0.15) is 42.2 Å². The first-order valence-corrected chi connectivity index (χ1v) is 8.38. The molecule has 128 valence electrons. The van der Waals surface area contributed by atoms with Gasteiger partial charge in [0.15, 0.2) is 0 Å². The van der Waals surface area contributed by atoms with Crippen LogP contribution < -0.4 is 10.9 Å². The molecule has 1 N–H and O–H groups in total. The first kappa shape index (κ1) is 16.9. The van der Waals surface area contributed by atoms with Crippen LogP contribution >= 0.6 is 0 Å². The van der Waals surface area contributed by atoms with Crippen LogP contribution in [0.5, 0.6) is 0 Å². The van der Waals surface area contributed by atoms with Crippen LogP contribution in [0.2, 0.25) is 0 Å². The monoisotopic (exact) mass is 335 g/mol.